The number of guanidine groups is 1. The van der Waals surface area contributed by atoms with Crippen molar-refractivity contribution in [1.29, 1.82) is 0 Å². The fourth-order valence-corrected chi connectivity index (χ4v) is 1.38. The van der Waals surface area contributed by atoms with Crippen LogP contribution in [0.15, 0.2) is 23.2 Å². The molecular weight excluding hydrogens is 232 g/mol. The molecule has 0 fully saturated rings. The number of nitrogens with two attached hydrogens (primary N) is 2. The number of nitrogens with zero attached hydrogens (tertiary/aromatic N) is 1. The Hall–Kier alpha value is -2.24. The van der Waals surface area contributed by atoms with Gasteiger partial charge in [0.15, 0.2) is 0 Å². The Morgan fingerprint density at radius 3 is 2.56 bits per heavy atom. The van der Waals surface area contributed by atoms with E-state index in [-0.39, 0.29) is 12.1 Å². The normalized spacial score (nSPS) is 11.4. The van der Waals surface area contributed by atoms with Crippen LogP contribution in [-0.2, 0) is 0 Å². The van der Waals surface area contributed by atoms with E-state index in [4.69, 9.17) is 16.2 Å². The number of ether oxygens (including phenoxy) is 1. The van der Waals surface area contributed by atoms with Crippen molar-refractivity contribution in [3.8, 4) is 5.75 Å². The van der Waals surface area contributed by atoms with Gasteiger partial charge < -0.3 is 16.2 Å². The molecule has 18 heavy (non-hydrogen) atoms. The lowest BCUT2D eigenvalue weighted by atomic mass is 10.2. The first-order valence-corrected chi connectivity index (χ1v) is 5.56. The van der Waals surface area contributed by atoms with Crippen LogP contribution in [0, 0.1) is 6.92 Å². The van der Waals surface area contributed by atoms with Gasteiger partial charge in [0.1, 0.15) is 5.75 Å². The van der Waals surface area contributed by atoms with Gasteiger partial charge in [0, 0.05) is 0 Å². The van der Waals surface area contributed by atoms with E-state index in [9.17, 15) is 4.79 Å². The van der Waals surface area contributed by atoms with Crippen LogP contribution in [0.2, 0.25) is 0 Å². The summed E-state index contributed by atoms with van der Waals surface area (Å²) in [4.78, 5) is 14.6. The van der Waals surface area contributed by atoms with E-state index < -0.39 is 6.03 Å². The van der Waals surface area contributed by atoms with Crippen LogP contribution < -0.4 is 21.5 Å². The minimum atomic E-state index is -0.743. The summed E-state index contributed by atoms with van der Waals surface area (Å²) in [5.41, 5.74) is 12.0. The standard InChI is InChI=1S/C12H18N4O2/c1-7(2)18-10-5-4-9(6-8(10)3)15-11(13)16-12(14)17/h4-7H,1-3H3,(H5,13,14,15,16,17). The molecule has 0 aliphatic rings. The zero-order valence-electron chi connectivity index (χ0n) is 10.7. The molecule has 0 spiro atoms. The first-order chi connectivity index (χ1) is 8.38. The van der Waals surface area contributed by atoms with E-state index in [0.29, 0.717) is 5.69 Å². The number of carbonyl (C=O) groups excluding carboxylic acids is 1. The Balaban J connectivity index is 2.87. The maximum atomic E-state index is 10.6. The van der Waals surface area contributed by atoms with E-state index in [1.54, 1.807) is 6.07 Å². The van der Waals surface area contributed by atoms with Gasteiger partial charge in [-0.05, 0) is 44.5 Å². The van der Waals surface area contributed by atoms with E-state index >= 15 is 0 Å². The Labute approximate surface area is 106 Å². The highest BCUT2D eigenvalue weighted by atomic mass is 16.5. The van der Waals surface area contributed by atoms with Crippen LogP contribution in [0.1, 0.15) is 19.4 Å². The first-order valence-electron chi connectivity index (χ1n) is 5.56. The van der Waals surface area contributed by atoms with E-state index in [0.717, 1.165) is 11.3 Å². The second-order valence-corrected chi connectivity index (χ2v) is 4.10. The quantitative estimate of drug-likeness (QED) is 0.558. The summed E-state index contributed by atoms with van der Waals surface area (Å²) in [5.74, 6) is 0.754. The molecule has 1 aromatic carbocycles. The van der Waals surface area contributed by atoms with Crippen molar-refractivity contribution in [2.75, 3.05) is 0 Å². The molecule has 0 heterocycles. The Morgan fingerprint density at radius 2 is 2.06 bits per heavy atom. The lowest BCUT2D eigenvalue weighted by Gasteiger charge is -2.12. The van der Waals surface area contributed by atoms with Gasteiger partial charge in [-0.15, -0.1) is 0 Å². The van der Waals surface area contributed by atoms with Gasteiger partial charge >= 0.3 is 6.03 Å². The zero-order valence-corrected chi connectivity index (χ0v) is 10.7. The van der Waals surface area contributed by atoms with Crippen molar-refractivity contribution in [3.05, 3.63) is 23.8 Å². The molecule has 2 amide bonds. The summed E-state index contributed by atoms with van der Waals surface area (Å²) in [6.07, 6.45) is 0.111. The molecule has 0 radical (unpaired) electrons. The smallest absolute Gasteiger partial charge is 0.318 e. The molecule has 6 nitrogen and oxygen atoms in total. The first kappa shape index (κ1) is 13.8. The zero-order chi connectivity index (χ0) is 13.7. The van der Waals surface area contributed by atoms with E-state index in [2.05, 4.69) is 10.3 Å². The van der Waals surface area contributed by atoms with Crippen molar-refractivity contribution in [1.82, 2.24) is 5.32 Å². The molecule has 1 rings (SSSR count). The highest BCUT2D eigenvalue weighted by molar-refractivity contribution is 5.95. The molecule has 5 N–H and O–H groups in total. The molecule has 0 aromatic heterocycles. The van der Waals surface area contributed by atoms with Crippen molar-refractivity contribution in [2.24, 2.45) is 16.5 Å². The van der Waals surface area contributed by atoms with Crippen molar-refractivity contribution < 1.29 is 9.53 Å². The van der Waals surface area contributed by atoms with Crippen molar-refractivity contribution in [3.63, 3.8) is 0 Å². The SMILES string of the molecule is Cc1cc(N=C(N)NC(N)=O)ccc1OC(C)C. The van der Waals surface area contributed by atoms with Gasteiger partial charge in [0.2, 0.25) is 5.96 Å². The summed E-state index contributed by atoms with van der Waals surface area (Å²) in [6.45, 7) is 5.83. The van der Waals surface area contributed by atoms with Crippen molar-refractivity contribution in [2.45, 2.75) is 26.9 Å². The number of aliphatic imine (C=N–C) groups is 1. The van der Waals surface area contributed by atoms with Crippen LogP contribution in [0.5, 0.6) is 5.75 Å². The number of carbonyl (C=O) groups is 1. The number of aryl methyl sites for hydroxylation is 1. The molecule has 98 valence electrons. The van der Waals surface area contributed by atoms with Crippen LogP contribution in [0.3, 0.4) is 0 Å². The summed E-state index contributed by atoms with van der Waals surface area (Å²) < 4.78 is 5.60. The summed E-state index contributed by atoms with van der Waals surface area (Å²) >= 11 is 0. The number of hydrogen-bond acceptors (Lipinski definition) is 3. The highest BCUT2D eigenvalue weighted by Gasteiger charge is 2.03. The molecule has 0 atom stereocenters. The van der Waals surface area contributed by atoms with E-state index in [1.807, 2.05) is 32.9 Å². The number of primary amides is 1. The van der Waals surface area contributed by atoms with Crippen LogP contribution >= 0.6 is 0 Å². The summed E-state index contributed by atoms with van der Waals surface area (Å²) in [6, 6.07) is 4.63. The number of benzene rings is 1. The average molecular weight is 250 g/mol. The van der Waals surface area contributed by atoms with Gasteiger partial charge in [0.25, 0.3) is 0 Å². The lowest BCUT2D eigenvalue weighted by molar-refractivity contribution is 0.241. The summed E-state index contributed by atoms with van der Waals surface area (Å²) in [5, 5.41) is 2.19. The molecule has 0 aliphatic carbocycles. The predicted molar refractivity (Wildman–Crippen MR) is 70.9 cm³/mol. The lowest BCUT2D eigenvalue weighted by Crippen LogP contribution is -2.39. The molecule has 6 heteroatoms. The van der Waals surface area contributed by atoms with E-state index in [1.165, 1.54) is 0 Å². The molecular formula is C12H18N4O2. The van der Waals surface area contributed by atoms with Gasteiger partial charge in [-0.1, -0.05) is 0 Å². The van der Waals surface area contributed by atoms with Crippen LogP contribution in [-0.4, -0.2) is 18.1 Å². The minimum Gasteiger partial charge on any atom is -0.491 e. The molecule has 0 saturated carbocycles. The number of amides is 2. The predicted octanol–water partition coefficient (Wildman–Crippen LogP) is 1.40. The van der Waals surface area contributed by atoms with Gasteiger partial charge in [0.05, 0.1) is 11.8 Å². The third-order valence-corrected chi connectivity index (χ3v) is 2.02. The topological polar surface area (TPSA) is 103 Å². The monoisotopic (exact) mass is 250 g/mol. The van der Waals surface area contributed by atoms with Crippen LogP contribution in [0.4, 0.5) is 10.5 Å². The molecule has 0 saturated heterocycles. The third kappa shape index (κ3) is 4.32. The Kier molecular flexibility index (Phi) is 4.53. The molecule has 1 aromatic rings. The molecule has 0 bridgehead atoms. The third-order valence-electron chi connectivity index (χ3n) is 2.02. The fraction of sp³-hybridized carbons (Fsp3) is 0.333. The highest BCUT2D eigenvalue weighted by Crippen LogP contribution is 2.24. The number of hydrogen-bond donors (Lipinski definition) is 3. The largest absolute Gasteiger partial charge is 0.491 e. The van der Waals surface area contributed by atoms with Gasteiger partial charge in [-0.25, -0.2) is 9.79 Å². The number of rotatable bonds is 3. The maximum Gasteiger partial charge on any atom is 0.318 e. The Bertz CT molecular complexity index is 469. The number of nitrogens with one attached hydrogen (secondary N) is 1. The second-order valence-electron chi connectivity index (χ2n) is 4.10. The Morgan fingerprint density at radius 1 is 1.39 bits per heavy atom. The molecule has 0 aliphatic heterocycles. The average Bonchev–Trinajstić information content (AvgIpc) is 2.20. The van der Waals surface area contributed by atoms with Gasteiger partial charge in [-0.3, -0.25) is 5.32 Å². The van der Waals surface area contributed by atoms with Gasteiger partial charge in [-0.2, -0.15) is 0 Å². The fourth-order valence-electron chi connectivity index (χ4n) is 1.38. The molecule has 0 unspecified atom stereocenters. The van der Waals surface area contributed by atoms with Crippen molar-refractivity contribution >= 4 is 17.7 Å². The number of urea groups is 1. The maximum absolute atomic E-state index is 10.6. The van der Waals surface area contributed by atoms with Crippen LogP contribution in [0.25, 0.3) is 0 Å². The summed E-state index contributed by atoms with van der Waals surface area (Å²) in [7, 11) is 0. The minimum absolute atomic E-state index is 0.0422. The second kappa shape index (κ2) is 5.90.